The lowest BCUT2D eigenvalue weighted by Crippen LogP contribution is -2.07. The number of nitrogens with two attached hydrogens (primary N) is 1. The minimum Gasteiger partial charge on any atom is -0.324 e. The van der Waals surface area contributed by atoms with Crippen LogP contribution in [0.2, 0.25) is 0 Å². The molecule has 1 nitrogen and oxygen atoms in total. The van der Waals surface area contributed by atoms with Gasteiger partial charge in [0.15, 0.2) is 0 Å². The number of halogens is 1. The third-order valence-corrected chi connectivity index (χ3v) is 3.20. The molecule has 2 aromatic carbocycles. The molecule has 0 saturated heterocycles. The average molecular weight is 243 g/mol. The van der Waals surface area contributed by atoms with Crippen LogP contribution in [0.15, 0.2) is 42.5 Å². The first-order chi connectivity index (χ1) is 8.63. The van der Waals surface area contributed by atoms with Gasteiger partial charge in [-0.15, -0.1) is 0 Å². The SMILES string of the molecule is CCc1ccccc1-c1ccc(C(C)N)c(F)c1. The van der Waals surface area contributed by atoms with Gasteiger partial charge in [0.2, 0.25) is 0 Å². The standard InChI is InChI=1S/C16H18FN/c1-3-12-6-4-5-7-15(12)13-8-9-14(11(2)18)16(17)10-13/h4-11H,3,18H2,1-2H3. The van der Waals surface area contributed by atoms with E-state index >= 15 is 0 Å². The Bertz CT molecular complexity index is 547. The van der Waals surface area contributed by atoms with Crippen LogP contribution in [-0.2, 0) is 6.42 Å². The number of hydrogen-bond donors (Lipinski definition) is 1. The summed E-state index contributed by atoms with van der Waals surface area (Å²) in [7, 11) is 0. The van der Waals surface area contributed by atoms with E-state index in [9.17, 15) is 4.39 Å². The molecule has 1 atom stereocenters. The van der Waals surface area contributed by atoms with E-state index in [0.29, 0.717) is 5.56 Å². The normalized spacial score (nSPS) is 12.4. The molecule has 0 aliphatic carbocycles. The highest BCUT2D eigenvalue weighted by Gasteiger charge is 2.09. The monoisotopic (exact) mass is 243 g/mol. The minimum absolute atomic E-state index is 0.228. The van der Waals surface area contributed by atoms with Gasteiger partial charge in [0, 0.05) is 11.6 Å². The van der Waals surface area contributed by atoms with Crippen LogP contribution in [0.1, 0.15) is 31.0 Å². The van der Waals surface area contributed by atoms with Crippen molar-refractivity contribution in [3.63, 3.8) is 0 Å². The summed E-state index contributed by atoms with van der Waals surface area (Å²) in [6.07, 6.45) is 0.937. The molecule has 0 saturated carbocycles. The first kappa shape index (κ1) is 12.8. The third-order valence-electron chi connectivity index (χ3n) is 3.20. The number of rotatable bonds is 3. The van der Waals surface area contributed by atoms with Crippen LogP contribution in [0.4, 0.5) is 4.39 Å². The molecule has 0 aliphatic rings. The second kappa shape index (κ2) is 5.32. The van der Waals surface area contributed by atoms with Crippen LogP contribution < -0.4 is 5.73 Å². The molecule has 0 aliphatic heterocycles. The fraction of sp³-hybridized carbons (Fsp3) is 0.250. The van der Waals surface area contributed by atoms with Gasteiger partial charge in [0.25, 0.3) is 0 Å². The molecule has 2 aromatic rings. The van der Waals surface area contributed by atoms with E-state index in [1.165, 1.54) is 5.56 Å². The summed E-state index contributed by atoms with van der Waals surface area (Å²) in [6, 6.07) is 13.1. The summed E-state index contributed by atoms with van der Waals surface area (Å²) < 4.78 is 13.9. The molecule has 0 aromatic heterocycles. The lowest BCUT2D eigenvalue weighted by atomic mass is 9.96. The van der Waals surface area contributed by atoms with Crippen molar-refractivity contribution in [2.24, 2.45) is 5.73 Å². The summed E-state index contributed by atoms with van der Waals surface area (Å²) in [5, 5.41) is 0. The van der Waals surface area contributed by atoms with Crippen molar-refractivity contribution in [3.8, 4) is 11.1 Å². The molecule has 0 radical (unpaired) electrons. The molecule has 94 valence electrons. The molecule has 0 amide bonds. The maximum Gasteiger partial charge on any atom is 0.128 e. The van der Waals surface area contributed by atoms with Crippen molar-refractivity contribution in [2.75, 3.05) is 0 Å². The Kier molecular flexibility index (Phi) is 3.78. The van der Waals surface area contributed by atoms with Gasteiger partial charge < -0.3 is 5.73 Å². The Morgan fingerprint density at radius 2 is 1.89 bits per heavy atom. The van der Waals surface area contributed by atoms with E-state index in [0.717, 1.165) is 17.5 Å². The van der Waals surface area contributed by atoms with E-state index in [2.05, 4.69) is 13.0 Å². The van der Waals surface area contributed by atoms with Crippen LogP contribution in [0.25, 0.3) is 11.1 Å². The molecular weight excluding hydrogens is 225 g/mol. The lowest BCUT2D eigenvalue weighted by molar-refractivity contribution is 0.594. The maximum atomic E-state index is 13.9. The smallest absolute Gasteiger partial charge is 0.128 e. The highest BCUT2D eigenvalue weighted by Crippen LogP contribution is 2.27. The van der Waals surface area contributed by atoms with E-state index in [4.69, 9.17) is 5.73 Å². The Hall–Kier alpha value is -1.67. The first-order valence-electron chi connectivity index (χ1n) is 6.26. The number of aryl methyl sites for hydroxylation is 1. The molecule has 2 N–H and O–H groups in total. The molecule has 2 heteroatoms. The summed E-state index contributed by atoms with van der Waals surface area (Å²) >= 11 is 0. The molecule has 0 fully saturated rings. The predicted octanol–water partition coefficient (Wildman–Crippen LogP) is 4.07. The van der Waals surface area contributed by atoms with Crippen molar-refractivity contribution < 1.29 is 4.39 Å². The second-order valence-electron chi connectivity index (χ2n) is 4.54. The molecule has 0 spiro atoms. The van der Waals surface area contributed by atoms with E-state index in [-0.39, 0.29) is 11.9 Å². The van der Waals surface area contributed by atoms with E-state index in [1.54, 1.807) is 19.1 Å². The zero-order valence-corrected chi connectivity index (χ0v) is 10.8. The first-order valence-corrected chi connectivity index (χ1v) is 6.26. The van der Waals surface area contributed by atoms with Crippen LogP contribution in [0, 0.1) is 5.82 Å². The molecule has 0 bridgehead atoms. The zero-order chi connectivity index (χ0) is 13.1. The van der Waals surface area contributed by atoms with Crippen molar-refractivity contribution in [3.05, 3.63) is 59.4 Å². The summed E-state index contributed by atoms with van der Waals surface area (Å²) in [5.41, 5.74) is 9.51. The van der Waals surface area contributed by atoms with Gasteiger partial charge in [0.05, 0.1) is 0 Å². The van der Waals surface area contributed by atoms with Gasteiger partial charge in [-0.3, -0.25) is 0 Å². The Morgan fingerprint density at radius 3 is 2.50 bits per heavy atom. The Balaban J connectivity index is 2.49. The number of hydrogen-bond acceptors (Lipinski definition) is 1. The van der Waals surface area contributed by atoms with Gasteiger partial charge in [-0.1, -0.05) is 43.3 Å². The largest absolute Gasteiger partial charge is 0.324 e. The zero-order valence-electron chi connectivity index (χ0n) is 10.8. The highest BCUT2D eigenvalue weighted by atomic mass is 19.1. The van der Waals surface area contributed by atoms with Gasteiger partial charge in [-0.25, -0.2) is 4.39 Å². The summed E-state index contributed by atoms with van der Waals surface area (Å²) in [4.78, 5) is 0. The fourth-order valence-corrected chi connectivity index (χ4v) is 2.17. The van der Waals surface area contributed by atoms with Crippen LogP contribution in [0.3, 0.4) is 0 Å². The highest BCUT2D eigenvalue weighted by molar-refractivity contribution is 5.67. The minimum atomic E-state index is -0.277. The number of benzene rings is 2. The van der Waals surface area contributed by atoms with Crippen molar-refractivity contribution in [2.45, 2.75) is 26.3 Å². The van der Waals surface area contributed by atoms with Crippen molar-refractivity contribution >= 4 is 0 Å². The second-order valence-corrected chi connectivity index (χ2v) is 4.54. The lowest BCUT2D eigenvalue weighted by Gasteiger charge is -2.11. The maximum absolute atomic E-state index is 13.9. The topological polar surface area (TPSA) is 26.0 Å². The molecule has 1 unspecified atom stereocenters. The van der Waals surface area contributed by atoms with Crippen LogP contribution >= 0.6 is 0 Å². The Labute approximate surface area is 107 Å². The van der Waals surface area contributed by atoms with Gasteiger partial charge in [-0.2, -0.15) is 0 Å². The van der Waals surface area contributed by atoms with Gasteiger partial charge >= 0.3 is 0 Å². The molecular formula is C16H18FN. The van der Waals surface area contributed by atoms with Gasteiger partial charge in [-0.05, 0) is 36.1 Å². The third kappa shape index (κ3) is 2.44. The average Bonchev–Trinajstić information content (AvgIpc) is 2.38. The quantitative estimate of drug-likeness (QED) is 0.863. The van der Waals surface area contributed by atoms with E-state index < -0.39 is 0 Å². The molecule has 2 rings (SSSR count). The summed E-state index contributed by atoms with van der Waals surface area (Å²) in [5.74, 6) is -0.228. The van der Waals surface area contributed by atoms with E-state index in [1.807, 2.05) is 24.3 Å². The predicted molar refractivity (Wildman–Crippen MR) is 73.8 cm³/mol. The van der Waals surface area contributed by atoms with Gasteiger partial charge in [0.1, 0.15) is 5.82 Å². The van der Waals surface area contributed by atoms with Crippen molar-refractivity contribution in [1.29, 1.82) is 0 Å². The molecule has 0 heterocycles. The summed E-state index contributed by atoms with van der Waals surface area (Å²) in [6.45, 7) is 3.89. The Morgan fingerprint density at radius 1 is 1.17 bits per heavy atom. The van der Waals surface area contributed by atoms with Crippen LogP contribution in [0.5, 0.6) is 0 Å². The van der Waals surface area contributed by atoms with Crippen molar-refractivity contribution in [1.82, 2.24) is 0 Å². The van der Waals surface area contributed by atoms with Crippen LogP contribution in [-0.4, -0.2) is 0 Å². The fourth-order valence-electron chi connectivity index (χ4n) is 2.17. The molecule has 18 heavy (non-hydrogen) atoms.